The highest BCUT2D eigenvalue weighted by Gasteiger charge is 2.13. The average molecular weight is 242 g/mol. The van der Waals surface area contributed by atoms with Crippen LogP contribution in [0.25, 0.3) is 0 Å². The van der Waals surface area contributed by atoms with Crippen LogP contribution in [0.1, 0.15) is 37.6 Å². The van der Waals surface area contributed by atoms with Crippen molar-refractivity contribution in [2.75, 3.05) is 0 Å². The molecule has 0 fully saturated rings. The number of ether oxygens (including phenoxy) is 1. The molecule has 0 aliphatic heterocycles. The first-order chi connectivity index (χ1) is 7.49. The largest absolute Gasteiger partial charge is 0.459 e. The van der Waals surface area contributed by atoms with E-state index in [4.69, 9.17) is 16.3 Å². The Kier molecular flexibility index (Phi) is 4.74. The third-order valence-electron chi connectivity index (χ3n) is 2.07. The Morgan fingerprint density at radius 1 is 1.44 bits per heavy atom. The van der Waals surface area contributed by atoms with Crippen molar-refractivity contribution < 1.29 is 9.53 Å². The molecule has 3 nitrogen and oxygen atoms in total. The lowest BCUT2D eigenvalue weighted by Crippen LogP contribution is -2.17. The minimum atomic E-state index is -0.350. The Balaban J connectivity index is 2.55. The van der Waals surface area contributed by atoms with Crippen molar-refractivity contribution >= 4 is 17.6 Å². The summed E-state index contributed by atoms with van der Waals surface area (Å²) < 4.78 is 5.27. The molecule has 0 saturated carbocycles. The molecule has 1 rings (SSSR count). The number of hydrogen-bond donors (Lipinski definition) is 0. The average Bonchev–Trinajstić information content (AvgIpc) is 2.16. The van der Waals surface area contributed by atoms with Crippen LogP contribution in [0.5, 0.6) is 0 Å². The number of hydrogen-bond acceptors (Lipinski definition) is 3. The molecule has 0 amide bonds. The van der Waals surface area contributed by atoms with Crippen LogP contribution in [0.2, 0.25) is 5.15 Å². The van der Waals surface area contributed by atoms with Crippen molar-refractivity contribution in [2.24, 2.45) is 5.92 Å². The summed E-state index contributed by atoms with van der Waals surface area (Å²) in [5.74, 6) is 0.156. The molecule has 4 heteroatoms. The van der Waals surface area contributed by atoms with E-state index in [1.165, 1.54) is 6.20 Å². The minimum absolute atomic E-state index is 0.0804. The van der Waals surface area contributed by atoms with Crippen molar-refractivity contribution in [3.05, 3.63) is 29.0 Å². The van der Waals surface area contributed by atoms with Crippen molar-refractivity contribution in [2.45, 2.75) is 33.3 Å². The molecule has 0 N–H and O–H groups in total. The van der Waals surface area contributed by atoms with E-state index in [0.29, 0.717) is 16.6 Å². The normalized spacial score (nSPS) is 12.6. The molecule has 1 heterocycles. The van der Waals surface area contributed by atoms with Gasteiger partial charge in [0.25, 0.3) is 0 Å². The monoisotopic (exact) mass is 241 g/mol. The van der Waals surface area contributed by atoms with Crippen LogP contribution in [0.3, 0.4) is 0 Å². The molecule has 0 aliphatic rings. The molecule has 0 aromatic carbocycles. The van der Waals surface area contributed by atoms with Gasteiger partial charge < -0.3 is 4.74 Å². The van der Waals surface area contributed by atoms with Crippen LogP contribution in [0.15, 0.2) is 18.3 Å². The van der Waals surface area contributed by atoms with E-state index in [1.807, 2.05) is 6.92 Å². The number of esters is 1. The van der Waals surface area contributed by atoms with Crippen LogP contribution < -0.4 is 0 Å². The molecule has 1 unspecified atom stereocenters. The van der Waals surface area contributed by atoms with Crippen molar-refractivity contribution in [3.63, 3.8) is 0 Å². The van der Waals surface area contributed by atoms with Crippen molar-refractivity contribution in [1.29, 1.82) is 0 Å². The van der Waals surface area contributed by atoms with Gasteiger partial charge in [0.05, 0.1) is 11.7 Å². The fourth-order valence-electron chi connectivity index (χ4n) is 1.46. The summed E-state index contributed by atoms with van der Waals surface area (Å²) in [5.41, 5.74) is 0.431. The highest BCUT2D eigenvalue weighted by molar-refractivity contribution is 6.29. The van der Waals surface area contributed by atoms with Crippen molar-refractivity contribution in [1.82, 2.24) is 4.98 Å². The minimum Gasteiger partial charge on any atom is -0.459 e. The zero-order chi connectivity index (χ0) is 12.1. The Labute approximate surface area is 101 Å². The van der Waals surface area contributed by atoms with Gasteiger partial charge >= 0.3 is 5.97 Å². The predicted molar refractivity (Wildman–Crippen MR) is 63.6 cm³/mol. The molecule has 0 aliphatic carbocycles. The van der Waals surface area contributed by atoms with E-state index in [2.05, 4.69) is 18.8 Å². The fourth-order valence-corrected chi connectivity index (χ4v) is 1.57. The fraction of sp³-hybridized carbons (Fsp3) is 0.500. The molecule has 1 atom stereocenters. The van der Waals surface area contributed by atoms with Gasteiger partial charge in [-0.2, -0.15) is 0 Å². The van der Waals surface area contributed by atoms with Gasteiger partial charge in [-0.05, 0) is 31.4 Å². The van der Waals surface area contributed by atoms with E-state index in [1.54, 1.807) is 12.1 Å². The molecular formula is C12H16ClNO2. The second kappa shape index (κ2) is 5.85. The van der Waals surface area contributed by atoms with Crippen molar-refractivity contribution in [3.8, 4) is 0 Å². The maximum Gasteiger partial charge on any atom is 0.339 e. The Hall–Kier alpha value is -1.09. The van der Waals surface area contributed by atoms with E-state index in [9.17, 15) is 4.79 Å². The Morgan fingerprint density at radius 2 is 2.12 bits per heavy atom. The lowest BCUT2D eigenvalue weighted by molar-refractivity contribution is 0.0299. The summed E-state index contributed by atoms with van der Waals surface area (Å²) in [6.45, 7) is 6.07. The second-order valence-electron chi connectivity index (χ2n) is 4.22. The maximum absolute atomic E-state index is 11.6. The first-order valence-electron chi connectivity index (χ1n) is 5.31. The molecular weight excluding hydrogens is 226 g/mol. The highest BCUT2D eigenvalue weighted by atomic mass is 35.5. The van der Waals surface area contributed by atoms with Crippen LogP contribution in [0, 0.1) is 5.92 Å². The maximum atomic E-state index is 11.6. The standard InChI is InChI=1S/C12H16ClNO2/c1-8(2)6-9(3)16-12(15)10-4-5-11(13)14-7-10/h4-5,7-9H,6H2,1-3H3. The van der Waals surface area contributed by atoms with E-state index in [0.717, 1.165) is 6.42 Å². The van der Waals surface area contributed by atoms with Gasteiger partial charge in [-0.15, -0.1) is 0 Å². The molecule has 0 bridgehead atoms. The molecule has 88 valence electrons. The van der Waals surface area contributed by atoms with E-state index in [-0.39, 0.29) is 12.1 Å². The molecule has 1 aromatic rings. The summed E-state index contributed by atoms with van der Waals surface area (Å²) in [6.07, 6.45) is 2.20. The molecule has 1 aromatic heterocycles. The van der Waals surface area contributed by atoms with Gasteiger partial charge in [0, 0.05) is 6.20 Å². The predicted octanol–water partition coefficient (Wildman–Crippen LogP) is 3.33. The number of nitrogens with zero attached hydrogens (tertiary/aromatic N) is 1. The highest BCUT2D eigenvalue weighted by Crippen LogP contribution is 2.11. The molecule has 0 saturated heterocycles. The van der Waals surface area contributed by atoms with Crippen LogP contribution in [0.4, 0.5) is 0 Å². The second-order valence-corrected chi connectivity index (χ2v) is 4.60. The van der Waals surface area contributed by atoms with E-state index >= 15 is 0 Å². The summed E-state index contributed by atoms with van der Waals surface area (Å²) in [5, 5.41) is 0.367. The third-order valence-corrected chi connectivity index (χ3v) is 2.30. The molecule has 16 heavy (non-hydrogen) atoms. The van der Waals surface area contributed by atoms with Gasteiger partial charge in [-0.25, -0.2) is 9.78 Å². The lowest BCUT2D eigenvalue weighted by atomic mass is 10.1. The summed E-state index contributed by atoms with van der Waals surface area (Å²) in [4.78, 5) is 15.5. The molecule has 0 radical (unpaired) electrons. The van der Waals surface area contributed by atoms with Crippen LogP contribution >= 0.6 is 11.6 Å². The van der Waals surface area contributed by atoms with Gasteiger partial charge in [-0.1, -0.05) is 25.4 Å². The summed E-state index contributed by atoms with van der Waals surface area (Å²) >= 11 is 5.63. The van der Waals surface area contributed by atoms with Gasteiger partial charge in [0.2, 0.25) is 0 Å². The van der Waals surface area contributed by atoms with Crippen LogP contribution in [-0.4, -0.2) is 17.1 Å². The van der Waals surface area contributed by atoms with Crippen LogP contribution in [-0.2, 0) is 4.74 Å². The topological polar surface area (TPSA) is 39.2 Å². The zero-order valence-corrected chi connectivity index (χ0v) is 10.5. The quantitative estimate of drug-likeness (QED) is 0.600. The number of halogens is 1. The molecule has 0 spiro atoms. The summed E-state index contributed by atoms with van der Waals surface area (Å²) in [7, 11) is 0. The number of carbonyl (C=O) groups excluding carboxylic acids is 1. The SMILES string of the molecule is CC(C)CC(C)OC(=O)c1ccc(Cl)nc1. The number of pyridine rings is 1. The zero-order valence-electron chi connectivity index (χ0n) is 9.74. The number of carbonyl (C=O) groups is 1. The third kappa shape index (κ3) is 4.19. The van der Waals surface area contributed by atoms with Gasteiger partial charge in [0.1, 0.15) is 5.15 Å². The van der Waals surface area contributed by atoms with Gasteiger partial charge in [0.15, 0.2) is 0 Å². The smallest absolute Gasteiger partial charge is 0.339 e. The lowest BCUT2D eigenvalue weighted by Gasteiger charge is -2.14. The Morgan fingerprint density at radius 3 is 2.62 bits per heavy atom. The number of aromatic nitrogens is 1. The summed E-state index contributed by atoms with van der Waals surface area (Å²) in [6, 6.07) is 3.19. The number of rotatable bonds is 4. The first-order valence-corrected chi connectivity index (χ1v) is 5.69. The van der Waals surface area contributed by atoms with Gasteiger partial charge in [-0.3, -0.25) is 0 Å². The first kappa shape index (κ1) is 13.0. The van der Waals surface area contributed by atoms with E-state index < -0.39 is 0 Å². The Bertz CT molecular complexity index is 349.